The average molecular weight is 562 g/mol. The molecule has 0 saturated carbocycles. The van der Waals surface area contributed by atoms with E-state index in [-0.39, 0.29) is 29.9 Å². The zero-order valence-electron chi connectivity index (χ0n) is 20.8. The van der Waals surface area contributed by atoms with Gasteiger partial charge in [0, 0.05) is 25.3 Å². The third kappa shape index (κ3) is 9.37. The number of amides is 2. The highest BCUT2D eigenvalue weighted by Gasteiger charge is 2.30. The van der Waals surface area contributed by atoms with Crippen molar-refractivity contribution in [1.82, 2.24) is 10.2 Å². The summed E-state index contributed by atoms with van der Waals surface area (Å²) in [5.41, 5.74) is 2.67. The SMILES string of the molecule is CCCCNC(=O)[C@@H](Cc1ccccc1)N(Cc1ccc(Cl)c(Cl)c1)C(=O)CSCc1ccc(F)cc1. The zero-order valence-corrected chi connectivity index (χ0v) is 23.1. The standard InChI is InChI=1S/C29H31Cl2FN2O2S/c1-2-3-15-33-29(36)27(17-21-7-5-4-6-8-21)34(18-23-11-14-25(30)26(31)16-23)28(35)20-37-19-22-9-12-24(32)13-10-22/h4-14,16,27H,2-3,15,17-20H2,1H3,(H,33,36)/t27-/m1/s1. The Bertz CT molecular complexity index is 1160. The van der Waals surface area contributed by atoms with Crippen molar-refractivity contribution < 1.29 is 14.0 Å². The minimum Gasteiger partial charge on any atom is -0.354 e. The Balaban J connectivity index is 1.84. The van der Waals surface area contributed by atoms with E-state index in [1.165, 1.54) is 23.9 Å². The number of halogens is 3. The minimum absolute atomic E-state index is 0.162. The smallest absolute Gasteiger partial charge is 0.243 e. The van der Waals surface area contributed by atoms with Crippen LogP contribution in [0.15, 0.2) is 72.8 Å². The minimum atomic E-state index is -0.701. The van der Waals surface area contributed by atoms with E-state index in [1.54, 1.807) is 29.2 Å². The number of carbonyl (C=O) groups is 2. The van der Waals surface area contributed by atoms with Crippen LogP contribution in [0.2, 0.25) is 10.0 Å². The van der Waals surface area contributed by atoms with E-state index < -0.39 is 6.04 Å². The van der Waals surface area contributed by atoms with Crippen molar-refractivity contribution >= 4 is 46.8 Å². The number of nitrogens with one attached hydrogen (secondary N) is 1. The fourth-order valence-corrected chi connectivity index (χ4v) is 5.01. The summed E-state index contributed by atoms with van der Waals surface area (Å²) in [5.74, 6) is 0.0831. The van der Waals surface area contributed by atoms with E-state index in [0.29, 0.717) is 28.8 Å². The van der Waals surface area contributed by atoms with Crippen molar-refractivity contribution in [1.29, 1.82) is 0 Å². The van der Waals surface area contributed by atoms with Crippen LogP contribution in [0.5, 0.6) is 0 Å². The first-order chi connectivity index (χ1) is 17.9. The van der Waals surface area contributed by atoms with Crippen LogP contribution in [0.25, 0.3) is 0 Å². The Morgan fingerprint density at radius 1 is 0.946 bits per heavy atom. The second kappa shape index (κ2) is 15.0. The van der Waals surface area contributed by atoms with Crippen molar-refractivity contribution in [2.45, 2.75) is 44.5 Å². The number of hydrogen-bond donors (Lipinski definition) is 1. The van der Waals surface area contributed by atoms with Gasteiger partial charge in [0.15, 0.2) is 0 Å². The highest BCUT2D eigenvalue weighted by atomic mass is 35.5. The third-order valence-corrected chi connectivity index (χ3v) is 7.57. The van der Waals surface area contributed by atoms with Crippen LogP contribution < -0.4 is 5.32 Å². The van der Waals surface area contributed by atoms with Crippen LogP contribution in [0, 0.1) is 5.82 Å². The lowest BCUT2D eigenvalue weighted by atomic mass is 10.0. The van der Waals surface area contributed by atoms with Gasteiger partial charge >= 0.3 is 0 Å². The zero-order chi connectivity index (χ0) is 26.6. The van der Waals surface area contributed by atoms with Crippen molar-refractivity contribution in [2.75, 3.05) is 12.3 Å². The lowest BCUT2D eigenvalue weighted by molar-refractivity contribution is -0.139. The molecule has 0 aliphatic heterocycles. The predicted molar refractivity (Wildman–Crippen MR) is 151 cm³/mol. The molecule has 4 nitrogen and oxygen atoms in total. The molecule has 3 aromatic carbocycles. The van der Waals surface area contributed by atoms with Crippen LogP contribution in [-0.2, 0) is 28.3 Å². The highest BCUT2D eigenvalue weighted by Crippen LogP contribution is 2.25. The Hall–Kier alpha value is -2.54. The van der Waals surface area contributed by atoms with E-state index in [2.05, 4.69) is 12.2 Å². The summed E-state index contributed by atoms with van der Waals surface area (Å²) in [6, 6.07) is 20.4. The van der Waals surface area contributed by atoms with Crippen LogP contribution in [-0.4, -0.2) is 35.1 Å². The van der Waals surface area contributed by atoms with E-state index in [0.717, 1.165) is 29.5 Å². The van der Waals surface area contributed by atoms with Crippen molar-refractivity contribution in [2.24, 2.45) is 0 Å². The summed E-state index contributed by atoms with van der Waals surface area (Å²) in [7, 11) is 0. The lowest BCUT2D eigenvalue weighted by Gasteiger charge is -2.31. The average Bonchev–Trinajstić information content (AvgIpc) is 2.90. The molecule has 0 aromatic heterocycles. The summed E-state index contributed by atoms with van der Waals surface area (Å²) in [5, 5.41) is 3.83. The number of benzene rings is 3. The van der Waals surface area contributed by atoms with E-state index >= 15 is 0 Å². The monoisotopic (exact) mass is 560 g/mol. The molecule has 0 saturated heterocycles. The molecule has 0 fully saturated rings. The molecule has 0 aliphatic rings. The Morgan fingerprint density at radius 3 is 2.32 bits per heavy atom. The number of hydrogen-bond acceptors (Lipinski definition) is 3. The first-order valence-corrected chi connectivity index (χ1v) is 14.2. The quantitative estimate of drug-likeness (QED) is 0.231. The Kier molecular flexibility index (Phi) is 11.8. The van der Waals surface area contributed by atoms with Crippen LogP contribution in [0.4, 0.5) is 4.39 Å². The molecule has 0 unspecified atom stereocenters. The summed E-state index contributed by atoms with van der Waals surface area (Å²) in [6.07, 6.45) is 2.20. The molecule has 8 heteroatoms. The van der Waals surface area contributed by atoms with Gasteiger partial charge in [-0.3, -0.25) is 9.59 Å². The van der Waals surface area contributed by atoms with Crippen LogP contribution in [0.3, 0.4) is 0 Å². The number of unbranched alkanes of at least 4 members (excludes halogenated alkanes) is 1. The topological polar surface area (TPSA) is 49.4 Å². The van der Waals surface area contributed by atoms with Crippen molar-refractivity contribution in [3.8, 4) is 0 Å². The summed E-state index contributed by atoms with van der Waals surface area (Å²) in [4.78, 5) is 28.7. The highest BCUT2D eigenvalue weighted by molar-refractivity contribution is 7.99. The molecule has 196 valence electrons. The summed E-state index contributed by atoms with van der Waals surface area (Å²) < 4.78 is 13.2. The lowest BCUT2D eigenvalue weighted by Crippen LogP contribution is -2.51. The molecule has 1 atom stereocenters. The molecule has 3 rings (SSSR count). The fraction of sp³-hybridized carbons (Fsp3) is 0.310. The van der Waals surface area contributed by atoms with E-state index in [9.17, 15) is 14.0 Å². The molecule has 0 aliphatic carbocycles. The molecule has 1 N–H and O–H groups in total. The van der Waals surface area contributed by atoms with Crippen molar-refractivity contribution in [3.63, 3.8) is 0 Å². The molecule has 3 aromatic rings. The van der Waals surface area contributed by atoms with Gasteiger partial charge in [-0.05, 0) is 47.4 Å². The van der Waals surface area contributed by atoms with Gasteiger partial charge in [-0.2, -0.15) is 0 Å². The largest absolute Gasteiger partial charge is 0.354 e. The van der Waals surface area contributed by atoms with Gasteiger partial charge in [0.1, 0.15) is 11.9 Å². The van der Waals surface area contributed by atoms with Gasteiger partial charge in [-0.15, -0.1) is 11.8 Å². The number of thioether (sulfide) groups is 1. The predicted octanol–water partition coefficient (Wildman–Crippen LogP) is 6.92. The van der Waals surface area contributed by atoms with Gasteiger partial charge in [0.05, 0.1) is 15.8 Å². The normalized spacial score (nSPS) is 11.7. The molecule has 0 heterocycles. The summed E-state index contributed by atoms with van der Waals surface area (Å²) in [6.45, 7) is 2.83. The maximum atomic E-state index is 13.6. The fourth-order valence-electron chi connectivity index (χ4n) is 3.81. The van der Waals surface area contributed by atoms with E-state index in [4.69, 9.17) is 23.2 Å². The first kappa shape index (κ1) is 29.0. The second-order valence-electron chi connectivity index (χ2n) is 8.74. The summed E-state index contributed by atoms with van der Waals surface area (Å²) >= 11 is 13.8. The molecule has 37 heavy (non-hydrogen) atoms. The van der Waals surface area contributed by atoms with Gasteiger partial charge in [-0.25, -0.2) is 4.39 Å². The molecule has 0 bridgehead atoms. The Morgan fingerprint density at radius 2 is 1.65 bits per heavy atom. The first-order valence-electron chi connectivity index (χ1n) is 12.2. The maximum Gasteiger partial charge on any atom is 0.243 e. The Labute approximate surface area is 232 Å². The van der Waals surface area contributed by atoms with Gasteiger partial charge in [0.2, 0.25) is 11.8 Å². The van der Waals surface area contributed by atoms with Gasteiger partial charge in [0.25, 0.3) is 0 Å². The molecular weight excluding hydrogens is 530 g/mol. The second-order valence-corrected chi connectivity index (χ2v) is 10.5. The van der Waals surface area contributed by atoms with Gasteiger partial charge < -0.3 is 10.2 Å². The maximum absolute atomic E-state index is 13.6. The molecule has 0 spiro atoms. The third-order valence-electron chi connectivity index (χ3n) is 5.85. The number of rotatable bonds is 13. The van der Waals surface area contributed by atoms with Gasteiger partial charge in [-0.1, -0.05) is 85.1 Å². The van der Waals surface area contributed by atoms with Crippen molar-refractivity contribution in [3.05, 3.63) is 105 Å². The van der Waals surface area contributed by atoms with E-state index in [1.807, 2.05) is 36.4 Å². The molecule has 0 radical (unpaired) electrons. The van der Waals surface area contributed by atoms with Crippen LogP contribution in [0.1, 0.15) is 36.5 Å². The molecule has 2 amide bonds. The number of nitrogens with zero attached hydrogens (tertiary/aromatic N) is 1. The number of carbonyl (C=O) groups excluding carboxylic acids is 2. The van der Waals surface area contributed by atoms with Crippen LogP contribution >= 0.6 is 35.0 Å². The molecular formula is C29H31Cl2FN2O2S.